The van der Waals surface area contributed by atoms with Crippen LogP contribution in [0, 0.1) is 5.82 Å². The number of aromatic nitrogens is 2. The van der Waals surface area contributed by atoms with E-state index in [1.807, 2.05) is 44.2 Å². The van der Waals surface area contributed by atoms with Gasteiger partial charge in [0.15, 0.2) is 11.6 Å². The molecular weight excluding hydrogens is 445 g/mol. The van der Waals surface area contributed by atoms with E-state index in [4.69, 9.17) is 14.6 Å². The third kappa shape index (κ3) is 6.48. The van der Waals surface area contributed by atoms with E-state index in [1.165, 1.54) is 6.07 Å². The number of aliphatic hydroxyl groups is 1. The molecule has 6 nitrogen and oxygen atoms in total. The molecule has 0 amide bonds. The third-order valence-electron chi connectivity index (χ3n) is 6.05. The smallest absolute Gasteiger partial charge is 0.227 e. The zero-order chi connectivity index (χ0) is 24.9. The van der Waals surface area contributed by atoms with E-state index in [0.717, 1.165) is 29.8 Å². The van der Waals surface area contributed by atoms with E-state index in [9.17, 15) is 9.50 Å². The molecule has 7 heteroatoms. The van der Waals surface area contributed by atoms with Crippen LogP contribution < -0.4 is 4.74 Å². The number of benzene rings is 2. The van der Waals surface area contributed by atoms with Gasteiger partial charge in [0.1, 0.15) is 0 Å². The van der Waals surface area contributed by atoms with Gasteiger partial charge in [-0.2, -0.15) is 5.10 Å². The predicted octanol–water partition coefficient (Wildman–Crippen LogP) is 5.68. The summed E-state index contributed by atoms with van der Waals surface area (Å²) in [5.41, 5.74) is 2.66. The van der Waals surface area contributed by atoms with Crippen LogP contribution in [0.1, 0.15) is 57.7 Å². The van der Waals surface area contributed by atoms with Crippen molar-refractivity contribution in [3.8, 4) is 17.3 Å². The van der Waals surface area contributed by atoms with Gasteiger partial charge in [-0.1, -0.05) is 44.2 Å². The average Bonchev–Trinajstić information content (AvgIpc) is 3.62. The van der Waals surface area contributed by atoms with Crippen molar-refractivity contribution in [2.24, 2.45) is 0 Å². The minimum absolute atomic E-state index is 0.0662. The highest BCUT2D eigenvalue weighted by Crippen LogP contribution is 2.37. The van der Waals surface area contributed by atoms with Crippen molar-refractivity contribution in [3.05, 3.63) is 71.7 Å². The fourth-order valence-electron chi connectivity index (χ4n) is 4.16. The summed E-state index contributed by atoms with van der Waals surface area (Å²) in [5.74, 6) is 0.367. The Balaban J connectivity index is 1.72. The molecule has 0 bridgehead atoms. The van der Waals surface area contributed by atoms with Crippen LogP contribution in [0.2, 0.25) is 0 Å². The molecule has 1 heterocycles. The quantitative estimate of drug-likeness (QED) is 0.361. The lowest BCUT2D eigenvalue weighted by molar-refractivity contribution is -0.0108. The molecule has 188 valence electrons. The number of ether oxygens (including phenoxy) is 2. The second-order valence-corrected chi connectivity index (χ2v) is 9.80. The van der Waals surface area contributed by atoms with E-state index >= 15 is 0 Å². The Labute approximate surface area is 207 Å². The minimum atomic E-state index is -0.597. The first-order valence-electron chi connectivity index (χ1n) is 12.5. The summed E-state index contributed by atoms with van der Waals surface area (Å²) in [4.78, 5) is 2.28. The summed E-state index contributed by atoms with van der Waals surface area (Å²) >= 11 is 0. The van der Waals surface area contributed by atoms with Gasteiger partial charge >= 0.3 is 0 Å². The number of para-hydroxylation sites is 2. The van der Waals surface area contributed by atoms with Crippen molar-refractivity contribution in [2.45, 2.75) is 71.2 Å². The van der Waals surface area contributed by atoms with E-state index in [0.29, 0.717) is 31.6 Å². The first-order chi connectivity index (χ1) is 16.8. The Hall–Kier alpha value is -2.74. The molecule has 1 atom stereocenters. The van der Waals surface area contributed by atoms with Crippen LogP contribution in [-0.2, 0) is 11.3 Å². The van der Waals surface area contributed by atoms with Gasteiger partial charge in [-0.05, 0) is 56.9 Å². The van der Waals surface area contributed by atoms with Crippen LogP contribution in [0.25, 0.3) is 5.69 Å². The van der Waals surface area contributed by atoms with E-state index in [1.54, 1.807) is 22.9 Å². The van der Waals surface area contributed by atoms with Crippen LogP contribution >= 0.6 is 0 Å². The number of aliphatic hydroxyl groups excluding tert-OH is 1. The minimum Gasteiger partial charge on any atom is -0.435 e. The lowest BCUT2D eigenvalue weighted by atomic mass is 10.1. The molecule has 0 radical (unpaired) electrons. The predicted molar refractivity (Wildman–Crippen MR) is 135 cm³/mol. The lowest BCUT2D eigenvalue weighted by Crippen LogP contribution is -2.36. The van der Waals surface area contributed by atoms with Gasteiger partial charge in [0.2, 0.25) is 5.88 Å². The highest BCUT2D eigenvalue weighted by molar-refractivity contribution is 5.44. The fourth-order valence-corrected chi connectivity index (χ4v) is 4.16. The largest absolute Gasteiger partial charge is 0.435 e. The van der Waals surface area contributed by atoms with Crippen molar-refractivity contribution in [1.82, 2.24) is 14.7 Å². The van der Waals surface area contributed by atoms with Crippen molar-refractivity contribution < 1.29 is 19.0 Å². The first kappa shape index (κ1) is 25.4. The SMILES string of the molecule is CC(C)OC[C@@H](O)CN(Cc1c(C(C)C)nn(-c2ccccc2)c1Oc1ccccc1F)C1CC1. The maximum absolute atomic E-state index is 14.6. The second-order valence-electron chi connectivity index (χ2n) is 9.80. The standard InChI is InChI=1S/C28H36FN3O3/c1-19(2)27-24(17-31(21-14-15-21)16-23(33)18-34-20(3)4)28(35-26-13-9-8-12-25(26)29)32(30-27)22-10-6-5-7-11-22/h5-13,19-21,23,33H,14-18H2,1-4H3/t23-/m0/s1. The van der Waals surface area contributed by atoms with Crippen molar-refractivity contribution in [2.75, 3.05) is 13.2 Å². The molecule has 0 spiro atoms. The Morgan fingerprint density at radius 2 is 1.74 bits per heavy atom. The maximum Gasteiger partial charge on any atom is 0.227 e. The highest BCUT2D eigenvalue weighted by atomic mass is 19.1. The maximum atomic E-state index is 14.6. The summed E-state index contributed by atoms with van der Waals surface area (Å²) < 4.78 is 28.3. The monoisotopic (exact) mass is 481 g/mol. The summed E-state index contributed by atoms with van der Waals surface area (Å²) in [7, 11) is 0. The second kappa shape index (κ2) is 11.3. The molecule has 1 aromatic heterocycles. The number of hydrogen-bond donors (Lipinski definition) is 1. The van der Waals surface area contributed by atoms with Crippen molar-refractivity contribution in [3.63, 3.8) is 0 Å². The van der Waals surface area contributed by atoms with Crippen LogP contribution in [-0.4, -0.2) is 51.2 Å². The van der Waals surface area contributed by atoms with Crippen LogP contribution in [0.15, 0.2) is 54.6 Å². The zero-order valence-electron chi connectivity index (χ0n) is 21.0. The van der Waals surface area contributed by atoms with Gasteiger partial charge in [-0.25, -0.2) is 9.07 Å². The molecule has 4 rings (SSSR count). The highest BCUT2D eigenvalue weighted by Gasteiger charge is 2.33. The molecule has 0 unspecified atom stereocenters. The summed E-state index contributed by atoms with van der Waals surface area (Å²) in [6.07, 6.45) is 1.65. The summed E-state index contributed by atoms with van der Waals surface area (Å²) in [5, 5.41) is 15.6. The zero-order valence-corrected chi connectivity index (χ0v) is 21.0. The Kier molecular flexibility index (Phi) is 8.21. The van der Waals surface area contributed by atoms with Crippen LogP contribution in [0.3, 0.4) is 0 Å². The fraction of sp³-hybridized carbons (Fsp3) is 0.464. The van der Waals surface area contributed by atoms with Crippen molar-refractivity contribution in [1.29, 1.82) is 0 Å². The van der Waals surface area contributed by atoms with Crippen molar-refractivity contribution >= 4 is 0 Å². The molecule has 3 aromatic rings. The molecule has 0 aliphatic heterocycles. The molecule has 0 saturated heterocycles. The van der Waals surface area contributed by atoms with Gasteiger partial charge in [0, 0.05) is 19.1 Å². The lowest BCUT2D eigenvalue weighted by Gasteiger charge is -2.26. The van der Waals surface area contributed by atoms with Crippen LogP contribution in [0.5, 0.6) is 11.6 Å². The molecule has 1 N–H and O–H groups in total. The Bertz CT molecular complexity index is 1100. The van der Waals surface area contributed by atoms with Gasteiger partial charge in [-0.15, -0.1) is 0 Å². The molecular formula is C28H36FN3O3. The number of halogens is 1. The summed E-state index contributed by atoms with van der Waals surface area (Å²) in [6.45, 7) is 9.45. The van der Waals surface area contributed by atoms with E-state index in [-0.39, 0.29) is 17.8 Å². The van der Waals surface area contributed by atoms with Gasteiger partial charge < -0.3 is 14.6 Å². The van der Waals surface area contributed by atoms with Gasteiger partial charge in [0.25, 0.3) is 0 Å². The Morgan fingerprint density at radius 1 is 1.06 bits per heavy atom. The molecule has 35 heavy (non-hydrogen) atoms. The third-order valence-corrected chi connectivity index (χ3v) is 6.05. The normalized spacial score (nSPS) is 14.8. The molecule has 1 fully saturated rings. The first-order valence-corrected chi connectivity index (χ1v) is 12.5. The number of nitrogens with zero attached hydrogens (tertiary/aromatic N) is 3. The Morgan fingerprint density at radius 3 is 2.37 bits per heavy atom. The molecule has 1 saturated carbocycles. The molecule has 2 aromatic carbocycles. The molecule has 1 aliphatic rings. The molecule has 1 aliphatic carbocycles. The van der Waals surface area contributed by atoms with Crippen LogP contribution in [0.4, 0.5) is 4.39 Å². The number of rotatable bonds is 12. The van der Waals surface area contributed by atoms with E-state index < -0.39 is 11.9 Å². The van der Waals surface area contributed by atoms with Gasteiger partial charge in [0.05, 0.1) is 35.8 Å². The van der Waals surface area contributed by atoms with Gasteiger partial charge in [-0.3, -0.25) is 4.90 Å². The average molecular weight is 482 g/mol. The number of hydrogen-bond acceptors (Lipinski definition) is 5. The van der Waals surface area contributed by atoms with E-state index in [2.05, 4.69) is 18.7 Å². The topological polar surface area (TPSA) is 59.8 Å². The summed E-state index contributed by atoms with van der Waals surface area (Å²) in [6, 6.07) is 16.6.